The lowest BCUT2D eigenvalue weighted by Gasteiger charge is -2.21. The van der Waals surface area contributed by atoms with Crippen molar-refractivity contribution in [3.63, 3.8) is 0 Å². The molecule has 0 radical (unpaired) electrons. The van der Waals surface area contributed by atoms with Crippen LogP contribution in [0.1, 0.15) is 20.8 Å². The zero-order valence-electron chi connectivity index (χ0n) is 11.5. The Morgan fingerprint density at radius 3 is 2.44 bits per heavy atom. The van der Waals surface area contributed by atoms with E-state index in [2.05, 4.69) is 25.4 Å². The summed E-state index contributed by atoms with van der Waals surface area (Å²) in [6, 6.07) is -0.0647. The number of hydrogen-bond acceptors (Lipinski definition) is 4. The molecular weight excluding hydrogens is 228 g/mol. The molecule has 100 valence electrons. The molecule has 0 aliphatic rings. The molecule has 0 bridgehead atoms. The molecule has 3 atom stereocenters. The summed E-state index contributed by atoms with van der Waals surface area (Å²) in [6.07, 6.45) is 6.23. The number of carbonyl (C=O) groups excluding carboxylic acids is 1. The number of allylic oxidation sites excluding steroid dienone is 3. The molecule has 0 fully saturated rings. The van der Waals surface area contributed by atoms with Gasteiger partial charge in [0.2, 0.25) is 5.90 Å². The van der Waals surface area contributed by atoms with E-state index in [1.54, 1.807) is 6.08 Å². The second-order valence-electron chi connectivity index (χ2n) is 4.24. The van der Waals surface area contributed by atoms with Gasteiger partial charge in [-0.2, -0.15) is 0 Å². The van der Waals surface area contributed by atoms with Gasteiger partial charge in [-0.25, -0.2) is 0 Å². The Hall–Kier alpha value is -1.71. The van der Waals surface area contributed by atoms with Crippen molar-refractivity contribution in [3.8, 4) is 0 Å². The lowest BCUT2D eigenvalue weighted by molar-refractivity contribution is -0.102. The molecule has 0 aromatic carbocycles. The maximum absolute atomic E-state index is 10.8. The highest BCUT2D eigenvalue weighted by molar-refractivity contribution is 6.59. The first kappa shape index (κ1) is 16.3. The van der Waals surface area contributed by atoms with Crippen molar-refractivity contribution in [3.05, 3.63) is 24.8 Å². The summed E-state index contributed by atoms with van der Waals surface area (Å²) in [5.74, 6) is 0.366. The highest BCUT2D eigenvalue weighted by Gasteiger charge is 2.18. The number of ether oxygens (including phenoxy) is 1. The van der Waals surface area contributed by atoms with Crippen molar-refractivity contribution in [2.45, 2.75) is 26.8 Å². The van der Waals surface area contributed by atoms with E-state index in [-0.39, 0.29) is 23.6 Å². The standard InChI is InChI=1S/C14H22N2O2/c1-6-7-8-10(2)11(3)12(4)16-13(9-17)14(15)18-5/h6-12,15H,1H2,2-5H3/b8-7-,15-14?,16-13-/t10?,11-,12?/m1/s1. The smallest absolute Gasteiger partial charge is 0.235 e. The third-order valence-electron chi connectivity index (χ3n) is 3.03. The van der Waals surface area contributed by atoms with Crippen LogP contribution in [-0.4, -0.2) is 31.0 Å². The predicted molar refractivity (Wildman–Crippen MR) is 75.4 cm³/mol. The first-order valence-corrected chi connectivity index (χ1v) is 5.93. The Morgan fingerprint density at radius 1 is 1.39 bits per heavy atom. The molecule has 0 aromatic rings. The minimum Gasteiger partial charge on any atom is -0.480 e. The molecule has 18 heavy (non-hydrogen) atoms. The van der Waals surface area contributed by atoms with Crippen LogP contribution >= 0.6 is 0 Å². The van der Waals surface area contributed by atoms with Crippen LogP contribution in [0.2, 0.25) is 0 Å². The molecule has 4 nitrogen and oxygen atoms in total. The fraction of sp³-hybridized carbons (Fsp3) is 0.500. The highest BCUT2D eigenvalue weighted by atomic mass is 16.5. The van der Waals surface area contributed by atoms with Crippen molar-refractivity contribution >= 4 is 17.9 Å². The fourth-order valence-electron chi connectivity index (χ4n) is 1.45. The van der Waals surface area contributed by atoms with Gasteiger partial charge in [-0.05, 0) is 18.8 Å². The Morgan fingerprint density at radius 2 is 2.00 bits per heavy atom. The van der Waals surface area contributed by atoms with Gasteiger partial charge in [-0.15, -0.1) is 0 Å². The lowest BCUT2D eigenvalue weighted by atomic mass is 9.89. The summed E-state index contributed by atoms with van der Waals surface area (Å²) in [6.45, 7) is 9.70. The number of aliphatic imine (C=N–C) groups is 1. The van der Waals surface area contributed by atoms with E-state index in [1.165, 1.54) is 7.11 Å². The van der Waals surface area contributed by atoms with Crippen molar-refractivity contribution < 1.29 is 9.53 Å². The number of nitrogens with one attached hydrogen (secondary N) is 1. The molecule has 0 aromatic heterocycles. The maximum Gasteiger partial charge on any atom is 0.235 e. The highest BCUT2D eigenvalue weighted by Crippen LogP contribution is 2.19. The van der Waals surface area contributed by atoms with Crippen LogP contribution in [0.4, 0.5) is 0 Å². The van der Waals surface area contributed by atoms with Crippen LogP contribution < -0.4 is 0 Å². The Balaban J connectivity index is 4.81. The van der Waals surface area contributed by atoms with E-state index in [0.717, 1.165) is 0 Å². The maximum atomic E-state index is 10.8. The van der Waals surface area contributed by atoms with Crippen LogP contribution in [0.15, 0.2) is 29.8 Å². The molecule has 2 unspecified atom stereocenters. The van der Waals surface area contributed by atoms with E-state index < -0.39 is 0 Å². The number of hydrogen-bond donors (Lipinski definition) is 1. The SMILES string of the molecule is C=C/C=C\C(C)[C@@H](C)C(C)/N=C(/C=O)C(=N)OC. The van der Waals surface area contributed by atoms with Gasteiger partial charge in [0, 0.05) is 0 Å². The Bertz CT molecular complexity index is 359. The van der Waals surface area contributed by atoms with Gasteiger partial charge in [-0.1, -0.05) is 38.7 Å². The summed E-state index contributed by atoms with van der Waals surface area (Å²) in [5, 5.41) is 7.44. The minimum atomic E-state index is -0.196. The average Bonchev–Trinajstić information content (AvgIpc) is 2.39. The van der Waals surface area contributed by atoms with Gasteiger partial charge in [0.15, 0.2) is 12.0 Å². The lowest BCUT2D eigenvalue weighted by Crippen LogP contribution is -2.24. The van der Waals surface area contributed by atoms with Gasteiger partial charge in [0.25, 0.3) is 0 Å². The van der Waals surface area contributed by atoms with Crippen molar-refractivity contribution in [2.24, 2.45) is 16.8 Å². The molecule has 0 saturated heterocycles. The largest absolute Gasteiger partial charge is 0.480 e. The van der Waals surface area contributed by atoms with Gasteiger partial charge >= 0.3 is 0 Å². The summed E-state index contributed by atoms with van der Waals surface area (Å²) in [4.78, 5) is 15.1. The number of aldehydes is 1. The van der Waals surface area contributed by atoms with Crippen LogP contribution in [0, 0.1) is 17.2 Å². The average molecular weight is 250 g/mol. The summed E-state index contributed by atoms with van der Waals surface area (Å²) in [5.41, 5.74) is 0.0525. The normalized spacial score (nSPS) is 17.0. The number of rotatable bonds is 7. The molecule has 0 amide bonds. The summed E-state index contributed by atoms with van der Waals surface area (Å²) >= 11 is 0. The molecule has 0 aliphatic carbocycles. The molecule has 1 N–H and O–H groups in total. The molecule has 0 saturated carbocycles. The van der Waals surface area contributed by atoms with E-state index in [4.69, 9.17) is 10.1 Å². The topological polar surface area (TPSA) is 62.5 Å². The Kier molecular flexibility index (Phi) is 7.59. The van der Waals surface area contributed by atoms with E-state index in [1.807, 2.05) is 19.1 Å². The van der Waals surface area contributed by atoms with Gasteiger partial charge in [0.05, 0.1) is 13.2 Å². The van der Waals surface area contributed by atoms with Crippen molar-refractivity contribution in [2.75, 3.05) is 7.11 Å². The molecule has 4 heteroatoms. The first-order valence-electron chi connectivity index (χ1n) is 5.93. The van der Waals surface area contributed by atoms with E-state index in [0.29, 0.717) is 12.2 Å². The third kappa shape index (κ3) is 5.08. The second-order valence-corrected chi connectivity index (χ2v) is 4.24. The van der Waals surface area contributed by atoms with Crippen LogP contribution in [0.25, 0.3) is 0 Å². The predicted octanol–water partition coefficient (Wildman–Crippen LogP) is 2.65. The minimum absolute atomic E-state index is 0.0525. The second kappa shape index (κ2) is 8.39. The zero-order valence-corrected chi connectivity index (χ0v) is 11.5. The van der Waals surface area contributed by atoms with Crippen molar-refractivity contribution in [1.29, 1.82) is 5.41 Å². The van der Waals surface area contributed by atoms with Gasteiger partial charge in [0.1, 0.15) is 0 Å². The number of carbonyl (C=O) groups is 1. The van der Waals surface area contributed by atoms with E-state index in [9.17, 15) is 4.79 Å². The first-order chi connectivity index (χ1) is 8.47. The van der Waals surface area contributed by atoms with Crippen LogP contribution in [0.5, 0.6) is 0 Å². The molecule has 0 spiro atoms. The van der Waals surface area contributed by atoms with Gasteiger partial charge < -0.3 is 4.74 Å². The van der Waals surface area contributed by atoms with E-state index >= 15 is 0 Å². The van der Waals surface area contributed by atoms with Crippen molar-refractivity contribution in [1.82, 2.24) is 0 Å². The van der Waals surface area contributed by atoms with Gasteiger partial charge in [-0.3, -0.25) is 15.2 Å². The monoisotopic (exact) mass is 250 g/mol. The molecular formula is C14H22N2O2. The molecule has 0 aliphatic heterocycles. The summed E-state index contributed by atoms with van der Waals surface area (Å²) < 4.78 is 4.70. The number of methoxy groups -OCH3 is 1. The Labute approximate surface area is 109 Å². The van der Waals surface area contributed by atoms with Crippen LogP contribution in [-0.2, 0) is 9.53 Å². The summed E-state index contributed by atoms with van der Waals surface area (Å²) in [7, 11) is 1.35. The molecule has 0 heterocycles. The number of nitrogens with zero attached hydrogens (tertiary/aromatic N) is 1. The third-order valence-corrected chi connectivity index (χ3v) is 3.03. The fourth-order valence-corrected chi connectivity index (χ4v) is 1.45. The quantitative estimate of drug-likeness (QED) is 0.327. The zero-order chi connectivity index (χ0) is 14.1. The van der Waals surface area contributed by atoms with Crippen LogP contribution in [0.3, 0.4) is 0 Å². The molecule has 0 rings (SSSR count).